The second-order valence-corrected chi connectivity index (χ2v) is 4.92. The van der Waals surface area contributed by atoms with E-state index in [4.69, 9.17) is 0 Å². The van der Waals surface area contributed by atoms with Crippen LogP contribution >= 0.6 is 0 Å². The maximum atomic E-state index is 12.4. The largest absolute Gasteiger partial charge is 0.336 e. The van der Waals surface area contributed by atoms with Crippen LogP contribution in [0.2, 0.25) is 0 Å². The van der Waals surface area contributed by atoms with Crippen molar-refractivity contribution in [1.29, 1.82) is 0 Å². The Labute approximate surface area is 104 Å². The Balaban J connectivity index is 2.15. The van der Waals surface area contributed by atoms with E-state index in [9.17, 15) is 4.79 Å². The van der Waals surface area contributed by atoms with E-state index in [0.29, 0.717) is 6.04 Å². The first-order valence-electron chi connectivity index (χ1n) is 6.60. The number of likely N-dealkylation sites (tertiary alicyclic amines) is 1. The summed E-state index contributed by atoms with van der Waals surface area (Å²) in [5.41, 5.74) is 2.03. The Bertz CT molecular complexity index is 382. The highest BCUT2D eigenvalue weighted by atomic mass is 16.2. The fourth-order valence-electron chi connectivity index (χ4n) is 2.55. The van der Waals surface area contributed by atoms with Gasteiger partial charge in [0.15, 0.2) is 0 Å². The van der Waals surface area contributed by atoms with Crippen molar-refractivity contribution in [2.75, 3.05) is 6.54 Å². The third kappa shape index (κ3) is 2.68. The SMILES string of the molecule is CCC1CCCCN1C(=O)c1ccc(C)cc1. The predicted octanol–water partition coefficient (Wildman–Crippen LogP) is 3.40. The monoisotopic (exact) mass is 231 g/mol. The van der Waals surface area contributed by atoms with Gasteiger partial charge in [-0.2, -0.15) is 0 Å². The molecular formula is C15H21NO. The van der Waals surface area contributed by atoms with Gasteiger partial charge in [-0.25, -0.2) is 0 Å². The molecule has 17 heavy (non-hydrogen) atoms. The Kier molecular flexibility index (Phi) is 3.82. The van der Waals surface area contributed by atoms with E-state index in [1.807, 2.05) is 31.2 Å². The molecule has 2 heteroatoms. The molecule has 0 aliphatic carbocycles. The number of hydrogen-bond donors (Lipinski definition) is 0. The van der Waals surface area contributed by atoms with E-state index in [-0.39, 0.29) is 5.91 Å². The van der Waals surface area contributed by atoms with Crippen LogP contribution in [0.25, 0.3) is 0 Å². The van der Waals surface area contributed by atoms with Gasteiger partial charge in [-0.05, 0) is 44.7 Å². The molecule has 0 bridgehead atoms. The molecule has 1 aromatic rings. The van der Waals surface area contributed by atoms with Crippen molar-refractivity contribution >= 4 is 5.91 Å². The maximum Gasteiger partial charge on any atom is 0.254 e. The van der Waals surface area contributed by atoms with Crippen molar-refractivity contribution in [2.24, 2.45) is 0 Å². The minimum Gasteiger partial charge on any atom is -0.336 e. The quantitative estimate of drug-likeness (QED) is 0.764. The van der Waals surface area contributed by atoms with Gasteiger partial charge in [0.05, 0.1) is 0 Å². The molecule has 92 valence electrons. The molecule has 1 unspecified atom stereocenters. The van der Waals surface area contributed by atoms with Gasteiger partial charge in [0.2, 0.25) is 0 Å². The summed E-state index contributed by atoms with van der Waals surface area (Å²) < 4.78 is 0. The van der Waals surface area contributed by atoms with Crippen LogP contribution in [0.4, 0.5) is 0 Å². The van der Waals surface area contributed by atoms with Crippen LogP contribution in [0.5, 0.6) is 0 Å². The zero-order chi connectivity index (χ0) is 12.3. The standard InChI is InChI=1S/C15H21NO/c1-3-14-6-4-5-11-16(14)15(17)13-9-7-12(2)8-10-13/h7-10,14H,3-6,11H2,1-2H3. The van der Waals surface area contributed by atoms with Gasteiger partial charge >= 0.3 is 0 Å². The number of carbonyl (C=O) groups is 1. The molecule has 0 aromatic heterocycles. The number of aryl methyl sites for hydroxylation is 1. The summed E-state index contributed by atoms with van der Waals surface area (Å²) in [5, 5.41) is 0. The normalized spacial score (nSPS) is 20.4. The van der Waals surface area contributed by atoms with E-state index < -0.39 is 0 Å². The number of rotatable bonds is 2. The van der Waals surface area contributed by atoms with E-state index >= 15 is 0 Å². The van der Waals surface area contributed by atoms with Crippen LogP contribution in [0, 0.1) is 6.92 Å². The molecule has 0 radical (unpaired) electrons. The van der Waals surface area contributed by atoms with Gasteiger partial charge in [0.25, 0.3) is 5.91 Å². The van der Waals surface area contributed by atoms with Crippen LogP contribution in [-0.4, -0.2) is 23.4 Å². The topological polar surface area (TPSA) is 20.3 Å². The smallest absolute Gasteiger partial charge is 0.254 e. The van der Waals surface area contributed by atoms with Crippen LogP contribution in [0.15, 0.2) is 24.3 Å². The zero-order valence-corrected chi connectivity index (χ0v) is 10.8. The molecule has 0 spiro atoms. The Hall–Kier alpha value is -1.31. The molecule has 1 aliphatic rings. The summed E-state index contributed by atoms with van der Waals surface area (Å²) in [6, 6.07) is 8.35. The summed E-state index contributed by atoms with van der Waals surface area (Å²) in [6.45, 7) is 5.14. The van der Waals surface area contributed by atoms with Gasteiger partial charge < -0.3 is 4.90 Å². The van der Waals surface area contributed by atoms with Crippen molar-refractivity contribution < 1.29 is 4.79 Å². The van der Waals surface area contributed by atoms with Crippen LogP contribution in [0.3, 0.4) is 0 Å². The number of carbonyl (C=O) groups excluding carboxylic acids is 1. The molecule has 1 aromatic carbocycles. The summed E-state index contributed by atoms with van der Waals surface area (Å²) in [6.07, 6.45) is 4.63. The van der Waals surface area contributed by atoms with E-state index in [1.165, 1.54) is 12.0 Å². The Morgan fingerprint density at radius 1 is 1.29 bits per heavy atom. The summed E-state index contributed by atoms with van der Waals surface area (Å²) >= 11 is 0. The first-order chi connectivity index (χ1) is 8.22. The Morgan fingerprint density at radius 3 is 2.65 bits per heavy atom. The fraction of sp³-hybridized carbons (Fsp3) is 0.533. The highest BCUT2D eigenvalue weighted by Gasteiger charge is 2.25. The lowest BCUT2D eigenvalue weighted by Crippen LogP contribution is -2.43. The molecule has 1 heterocycles. The molecule has 1 saturated heterocycles. The van der Waals surface area contributed by atoms with Crippen molar-refractivity contribution in [3.05, 3.63) is 35.4 Å². The lowest BCUT2D eigenvalue weighted by Gasteiger charge is -2.35. The number of hydrogen-bond acceptors (Lipinski definition) is 1. The van der Waals surface area contributed by atoms with Crippen molar-refractivity contribution in [3.63, 3.8) is 0 Å². The molecule has 1 fully saturated rings. The Morgan fingerprint density at radius 2 is 2.00 bits per heavy atom. The highest BCUT2D eigenvalue weighted by Crippen LogP contribution is 2.21. The third-order valence-corrected chi connectivity index (χ3v) is 3.66. The molecule has 0 N–H and O–H groups in total. The zero-order valence-electron chi connectivity index (χ0n) is 10.8. The summed E-state index contributed by atoms with van der Waals surface area (Å²) in [5.74, 6) is 0.205. The molecule has 1 aliphatic heterocycles. The fourth-order valence-corrected chi connectivity index (χ4v) is 2.55. The van der Waals surface area contributed by atoms with Gasteiger partial charge in [0.1, 0.15) is 0 Å². The lowest BCUT2D eigenvalue weighted by molar-refractivity contribution is 0.0608. The molecule has 1 amide bonds. The van der Waals surface area contributed by atoms with Crippen molar-refractivity contribution in [3.8, 4) is 0 Å². The average Bonchev–Trinajstić information content (AvgIpc) is 2.39. The van der Waals surface area contributed by atoms with Crippen molar-refractivity contribution in [1.82, 2.24) is 4.90 Å². The van der Waals surface area contributed by atoms with E-state index in [1.54, 1.807) is 0 Å². The second-order valence-electron chi connectivity index (χ2n) is 4.92. The highest BCUT2D eigenvalue weighted by molar-refractivity contribution is 5.94. The van der Waals surface area contributed by atoms with Crippen molar-refractivity contribution in [2.45, 2.75) is 45.6 Å². The molecule has 2 nitrogen and oxygen atoms in total. The van der Waals surface area contributed by atoms with E-state index in [0.717, 1.165) is 31.4 Å². The first kappa shape index (κ1) is 12.2. The van der Waals surface area contributed by atoms with Gasteiger partial charge in [-0.3, -0.25) is 4.79 Å². The molecule has 1 atom stereocenters. The average molecular weight is 231 g/mol. The second kappa shape index (κ2) is 5.35. The van der Waals surface area contributed by atoms with Gasteiger partial charge in [-0.1, -0.05) is 24.6 Å². The van der Waals surface area contributed by atoms with Gasteiger partial charge in [-0.15, -0.1) is 0 Å². The number of piperidine rings is 1. The number of nitrogens with zero attached hydrogens (tertiary/aromatic N) is 1. The summed E-state index contributed by atoms with van der Waals surface area (Å²) in [4.78, 5) is 14.5. The molecular weight excluding hydrogens is 210 g/mol. The minimum absolute atomic E-state index is 0.205. The molecule has 0 saturated carbocycles. The van der Waals surface area contributed by atoms with Crippen LogP contribution in [-0.2, 0) is 0 Å². The van der Waals surface area contributed by atoms with Crippen LogP contribution in [0.1, 0.15) is 48.5 Å². The molecule has 2 rings (SSSR count). The number of benzene rings is 1. The predicted molar refractivity (Wildman–Crippen MR) is 70.1 cm³/mol. The van der Waals surface area contributed by atoms with Crippen LogP contribution < -0.4 is 0 Å². The maximum absolute atomic E-state index is 12.4. The number of amides is 1. The summed E-state index contributed by atoms with van der Waals surface area (Å²) in [7, 11) is 0. The first-order valence-corrected chi connectivity index (χ1v) is 6.60. The third-order valence-electron chi connectivity index (χ3n) is 3.66. The lowest BCUT2D eigenvalue weighted by atomic mass is 9.98. The minimum atomic E-state index is 0.205. The van der Waals surface area contributed by atoms with Gasteiger partial charge in [0, 0.05) is 18.2 Å². The van der Waals surface area contributed by atoms with E-state index in [2.05, 4.69) is 11.8 Å².